The molecule has 0 aromatic heterocycles. The van der Waals surface area contributed by atoms with Gasteiger partial charge in [-0.2, -0.15) is 0 Å². The summed E-state index contributed by atoms with van der Waals surface area (Å²) in [5.41, 5.74) is 2.13. The van der Waals surface area contributed by atoms with E-state index in [-0.39, 0.29) is 6.04 Å². The first-order valence-corrected chi connectivity index (χ1v) is 6.98. The highest BCUT2D eigenvalue weighted by molar-refractivity contribution is 5.36. The molecule has 2 unspecified atom stereocenters. The minimum Gasteiger partial charge on any atom is -0.497 e. The molecule has 2 atom stereocenters. The largest absolute Gasteiger partial charge is 0.497 e. The Labute approximate surface area is 114 Å². The van der Waals surface area contributed by atoms with Crippen LogP contribution in [0.15, 0.2) is 18.2 Å². The lowest BCUT2D eigenvalue weighted by molar-refractivity contribution is -0.0472. The van der Waals surface area contributed by atoms with E-state index in [4.69, 9.17) is 4.74 Å². The van der Waals surface area contributed by atoms with Crippen molar-refractivity contribution in [1.29, 1.82) is 0 Å². The molecule has 3 fully saturated rings. The van der Waals surface area contributed by atoms with Crippen LogP contribution in [-0.4, -0.2) is 60.8 Å². The molecular formula is C15H22N2O2. The SMILES string of the molecule is COc1ccc(C(O)C2CN3CCN2CC3)c(C)c1. The topological polar surface area (TPSA) is 35.9 Å². The fraction of sp³-hybridized carbons (Fsp3) is 0.600. The van der Waals surface area contributed by atoms with E-state index < -0.39 is 6.10 Å². The third-order valence-corrected chi connectivity index (χ3v) is 4.48. The van der Waals surface area contributed by atoms with Gasteiger partial charge in [-0.15, -0.1) is 0 Å². The molecular weight excluding hydrogens is 240 g/mol. The summed E-state index contributed by atoms with van der Waals surface area (Å²) in [4.78, 5) is 4.88. The number of fused-ring (bicyclic) bond motifs is 3. The molecule has 3 saturated heterocycles. The van der Waals surface area contributed by atoms with Gasteiger partial charge in [0.1, 0.15) is 5.75 Å². The van der Waals surface area contributed by atoms with Gasteiger partial charge in [0, 0.05) is 32.7 Å². The van der Waals surface area contributed by atoms with Crippen LogP contribution in [0.2, 0.25) is 0 Å². The summed E-state index contributed by atoms with van der Waals surface area (Å²) < 4.78 is 5.22. The molecule has 4 nitrogen and oxygen atoms in total. The highest BCUT2D eigenvalue weighted by Gasteiger charge is 2.36. The average Bonchev–Trinajstić information content (AvgIpc) is 2.47. The number of nitrogens with zero attached hydrogens (tertiary/aromatic N) is 2. The standard InChI is InChI=1S/C15H22N2O2/c1-11-9-12(19-2)3-4-13(11)15(18)14-10-16-5-7-17(14)8-6-16/h3-4,9,14-15,18H,5-8,10H2,1-2H3. The molecule has 0 amide bonds. The number of ether oxygens (including phenoxy) is 1. The molecule has 3 heterocycles. The summed E-state index contributed by atoms with van der Waals surface area (Å²) in [6, 6.07) is 6.16. The number of hydrogen-bond acceptors (Lipinski definition) is 4. The summed E-state index contributed by atoms with van der Waals surface area (Å²) in [7, 11) is 1.67. The van der Waals surface area contributed by atoms with Crippen LogP contribution < -0.4 is 4.74 Å². The fourth-order valence-corrected chi connectivity index (χ4v) is 3.27. The number of hydrogen-bond donors (Lipinski definition) is 1. The maximum absolute atomic E-state index is 10.7. The zero-order valence-corrected chi connectivity index (χ0v) is 11.7. The second kappa shape index (κ2) is 5.12. The predicted octanol–water partition coefficient (Wildman–Crippen LogP) is 1.04. The molecule has 1 N–H and O–H groups in total. The Morgan fingerprint density at radius 3 is 2.53 bits per heavy atom. The fourth-order valence-electron chi connectivity index (χ4n) is 3.27. The van der Waals surface area contributed by atoms with Crippen molar-refractivity contribution in [2.24, 2.45) is 0 Å². The Balaban J connectivity index is 1.81. The number of aryl methyl sites for hydroxylation is 1. The van der Waals surface area contributed by atoms with Gasteiger partial charge >= 0.3 is 0 Å². The average molecular weight is 262 g/mol. The third-order valence-electron chi connectivity index (χ3n) is 4.48. The molecule has 3 aliphatic heterocycles. The van der Waals surface area contributed by atoms with Crippen LogP contribution in [-0.2, 0) is 0 Å². The maximum atomic E-state index is 10.7. The van der Waals surface area contributed by atoms with Crippen molar-refractivity contribution < 1.29 is 9.84 Å². The lowest BCUT2D eigenvalue weighted by Gasteiger charge is -2.49. The Morgan fingerprint density at radius 1 is 1.26 bits per heavy atom. The molecule has 4 rings (SSSR count). The smallest absolute Gasteiger partial charge is 0.119 e. The number of aliphatic hydroxyl groups excluding tert-OH is 1. The van der Waals surface area contributed by atoms with Crippen LogP contribution in [0, 0.1) is 6.92 Å². The van der Waals surface area contributed by atoms with Gasteiger partial charge in [-0.1, -0.05) is 6.07 Å². The third kappa shape index (κ3) is 2.36. The highest BCUT2D eigenvalue weighted by Crippen LogP contribution is 2.30. The molecule has 3 aliphatic rings. The van der Waals surface area contributed by atoms with Crippen LogP contribution in [0.25, 0.3) is 0 Å². The van der Waals surface area contributed by atoms with Gasteiger partial charge in [-0.25, -0.2) is 0 Å². The Kier molecular flexibility index (Phi) is 3.48. The van der Waals surface area contributed by atoms with Crippen molar-refractivity contribution in [2.45, 2.75) is 19.1 Å². The lowest BCUT2D eigenvalue weighted by Crippen LogP contribution is -2.62. The van der Waals surface area contributed by atoms with Crippen LogP contribution >= 0.6 is 0 Å². The van der Waals surface area contributed by atoms with Crippen LogP contribution in [0.4, 0.5) is 0 Å². The normalized spacial score (nSPS) is 31.2. The monoisotopic (exact) mass is 262 g/mol. The summed E-state index contributed by atoms with van der Waals surface area (Å²) in [5, 5.41) is 10.7. The number of piperazine rings is 3. The van der Waals surface area contributed by atoms with E-state index in [9.17, 15) is 5.11 Å². The van der Waals surface area contributed by atoms with E-state index in [0.29, 0.717) is 0 Å². The van der Waals surface area contributed by atoms with Crippen molar-refractivity contribution in [3.05, 3.63) is 29.3 Å². The summed E-state index contributed by atoms with van der Waals surface area (Å²) in [6.07, 6.45) is -0.408. The van der Waals surface area contributed by atoms with Crippen LogP contribution in [0.3, 0.4) is 0 Å². The molecule has 0 saturated carbocycles. The van der Waals surface area contributed by atoms with E-state index in [1.54, 1.807) is 7.11 Å². The van der Waals surface area contributed by atoms with Crippen molar-refractivity contribution in [3.8, 4) is 5.75 Å². The van der Waals surface area contributed by atoms with Crippen molar-refractivity contribution in [3.63, 3.8) is 0 Å². The minimum absolute atomic E-state index is 0.231. The summed E-state index contributed by atoms with van der Waals surface area (Å²) >= 11 is 0. The molecule has 2 bridgehead atoms. The minimum atomic E-state index is -0.408. The van der Waals surface area contributed by atoms with Gasteiger partial charge in [0.05, 0.1) is 19.3 Å². The second-order valence-electron chi connectivity index (χ2n) is 5.57. The van der Waals surface area contributed by atoms with E-state index in [1.807, 2.05) is 25.1 Å². The van der Waals surface area contributed by atoms with Crippen molar-refractivity contribution in [2.75, 3.05) is 39.8 Å². The maximum Gasteiger partial charge on any atom is 0.119 e. The van der Waals surface area contributed by atoms with Gasteiger partial charge in [-0.05, 0) is 30.2 Å². The zero-order valence-electron chi connectivity index (χ0n) is 11.7. The second-order valence-corrected chi connectivity index (χ2v) is 5.57. The molecule has 0 aliphatic carbocycles. The first-order chi connectivity index (χ1) is 9.19. The van der Waals surface area contributed by atoms with Crippen LogP contribution in [0.1, 0.15) is 17.2 Å². The number of benzene rings is 1. The zero-order chi connectivity index (χ0) is 13.4. The molecule has 104 valence electrons. The Morgan fingerprint density at radius 2 is 2.00 bits per heavy atom. The molecule has 19 heavy (non-hydrogen) atoms. The van der Waals surface area contributed by atoms with Crippen molar-refractivity contribution in [1.82, 2.24) is 9.80 Å². The van der Waals surface area contributed by atoms with Gasteiger partial charge in [0.2, 0.25) is 0 Å². The number of methoxy groups -OCH3 is 1. The molecule has 1 aromatic rings. The quantitative estimate of drug-likeness (QED) is 0.883. The lowest BCUT2D eigenvalue weighted by atomic mass is 9.93. The first kappa shape index (κ1) is 12.9. The number of rotatable bonds is 3. The molecule has 0 radical (unpaired) electrons. The van der Waals surface area contributed by atoms with E-state index in [1.165, 1.54) is 0 Å². The van der Waals surface area contributed by atoms with E-state index in [2.05, 4.69) is 9.80 Å². The Hall–Kier alpha value is -1.10. The molecule has 1 aromatic carbocycles. The van der Waals surface area contributed by atoms with Gasteiger partial charge in [-0.3, -0.25) is 9.80 Å². The molecule has 4 heteroatoms. The predicted molar refractivity (Wildman–Crippen MR) is 74.5 cm³/mol. The van der Waals surface area contributed by atoms with Crippen LogP contribution in [0.5, 0.6) is 5.75 Å². The van der Waals surface area contributed by atoms with Gasteiger partial charge in [0.25, 0.3) is 0 Å². The van der Waals surface area contributed by atoms with Gasteiger partial charge in [0.15, 0.2) is 0 Å². The van der Waals surface area contributed by atoms with E-state index in [0.717, 1.165) is 49.6 Å². The summed E-state index contributed by atoms with van der Waals surface area (Å²) in [6.45, 7) is 7.47. The first-order valence-electron chi connectivity index (χ1n) is 6.98. The van der Waals surface area contributed by atoms with Crippen molar-refractivity contribution >= 4 is 0 Å². The highest BCUT2D eigenvalue weighted by atomic mass is 16.5. The van der Waals surface area contributed by atoms with Gasteiger partial charge < -0.3 is 9.84 Å². The molecule has 0 spiro atoms. The van der Waals surface area contributed by atoms with E-state index >= 15 is 0 Å². The Bertz CT molecular complexity index is 455. The summed E-state index contributed by atoms with van der Waals surface area (Å²) in [5.74, 6) is 0.850. The number of aliphatic hydroxyl groups is 1.